The standard InChI is InChI=1S/C26H24O4/c1-17-13-15-20(16-14-17)25(27)29-22-11-5-8-19-9-6-12-23(24(19)22)30-26(28)21-10-4-3-7-18(21)2/h3-12,15,17H,13-14,16H2,1-2H3. The van der Waals surface area contributed by atoms with Crippen LogP contribution in [-0.2, 0) is 4.79 Å². The average Bonchev–Trinajstić information content (AvgIpc) is 2.74. The van der Waals surface area contributed by atoms with Crippen LogP contribution in [0.2, 0.25) is 0 Å². The third kappa shape index (κ3) is 4.13. The van der Waals surface area contributed by atoms with Gasteiger partial charge in [0.1, 0.15) is 11.5 Å². The first kappa shape index (κ1) is 19.9. The monoisotopic (exact) mass is 400 g/mol. The van der Waals surface area contributed by atoms with Crippen molar-refractivity contribution in [2.75, 3.05) is 0 Å². The van der Waals surface area contributed by atoms with Gasteiger partial charge in [-0.25, -0.2) is 9.59 Å². The van der Waals surface area contributed by atoms with Gasteiger partial charge in [0.15, 0.2) is 0 Å². The van der Waals surface area contributed by atoms with Crippen molar-refractivity contribution in [2.24, 2.45) is 5.92 Å². The maximum atomic E-state index is 12.8. The van der Waals surface area contributed by atoms with Crippen molar-refractivity contribution in [3.05, 3.63) is 83.4 Å². The fourth-order valence-corrected chi connectivity index (χ4v) is 3.72. The minimum absolute atomic E-state index is 0.338. The summed E-state index contributed by atoms with van der Waals surface area (Å²) in [6, 6.07) is 18.2. The largest absolute Gasteiger partial charge is 0.422 e. The second-order valence-electron chi connectivity index (χ2n) is 7.81. The molecule has 0 radical (unpaired) electrons. The summed E-state index contributed by atoms with van der Waals surface area (Å²) >= 11 is 0. The molecule has 4 nitrogen and oxygen atoms in total. The smallest absolute Gasteiger partial charge is 0.343 e. The zero-order valence-electron chi connectivity index (χ0n) is 17.2. The van der Waals surface area contributed by atoms with Crippen LogP contribution in [0, 0.1) is 12.8 Å². The molecule has 0 amide bonds. The first-order valence-electron chi connectivity index (χ1n) is 10.2. The highest BCUT2D eigenvalue weighted by Gasteiger charge is 2.20. The predicted octanol–water partition coefficient (Wildman–Crippen LogP) is 6.02. The molecule has 4 heteroatoms. The lowest BCUT2D eigenvalue weighted by Crippen LogP contribution is -2.15. The zero-order valence-corrected chi connectivity index (χ0v) is 17.2. The molecule has 0 heterocycles. The maximum absolute atomic E-state index is 12.8. The molecule has 0 spiro atoms. The minimum Gasteiger partial charge on any atom is -0.422 e. The average molecular weight is 400 g/mol. The molecule has 152 valence electrons. The Kier molecular flexibility index (Phi) is 5.66. The summed E-state index contributed by atoms with van der Waals surface area (Å²) in [6.45, 7) is 4.05. The third-order valence-electron chi connectivity index (χ3n) is 5.53. The highest BCUT2D eigenvalue weighted by atomic mass is 16.5. The van der Waals surface area contributed by atoms with Crippen LogP contribution >= 0.6 is 0 Å². The molecule has 30 heavy (non-hydrogen) atoms. The van der Waals surface area contributed by atoms with Crippen molar-refractivity contribution in [3.8, 4) is 11.5 Å². The maximum Gasteiger partial charge on any atom is 0.343 e. The number of ether oxygens (including phenoxy) is 2. The van der Waals surface area contributed by atoms with Crippen LogP contribution in [0.1, 0.15) is 42.1 Å². The van der Waals surface area contributed by atoms with Gasteiger partial charge in [0.25, 0.3) is 0 Å². The molecule has 0 aliphatic heterocycles. The molecule has 0 fully saturated rings. The Hall–Kier alpha value is -3.40. The molecule has 0 aromatic heterocycles. The fraction of sp³-hybridized carbons (Fsp3) is 0.231. The molecule has 3 aromatic carbocycles. The molecule has 0 bridgehead atoms. The highest BCUT2D eigenvalue weighted by Crippen LogP contribution is 2.35. The molecule has 1 aliphatic carbocycles. The van der Waals surface area contributed by atoms with Gasteiger partial charge in [0.2, 0.25) is 0 Å². The summed E-state index contributed by atoms with van der Waals surface area (Å²) < 4.78 is 11.5. The quantitative estimate of drug-likeness (QED) is 0.397. The molecule has 1 atom stereocenters. The van der Waals surface area contributed by atoms with Gasteiger partial charge in [-0.3, -0.25) is 0 Å². The number of benzene rings is 3. The van der Waals surface area contributed by atoms with Gasteiger partial charge in [-0.1, -0.05) is 55.5 Å². The highest BCUT2D eigenvalue weighted by molar-refractivity contribution is 6.00. The molecule has 0 saturated heterocycles. The molecule has 3 aromatic rings. The van der Waals surface area contributed by atoms with Crippen LogP contribution in [0.4, 0.5) is 0 Å². The van der Waals surface area contributed by atoms with Crippen molar-refractivity contribution < 1.29 is 19.1 Å². The number of hydrogen-bond acceptors (Lipinski definition) is 4. The van der Waals surface area contributed by atoms with E-state index in [9.17, 15) is 9.59 Å². The van der Waals surface area contributed by atoms with Gasteiger partial charge in [0.05, 0.1) is 10.9 Å². The van der Waals surface area contributed by atoms with Gasteiger partial charge >= 0.3 is 11.9 Å². The summed E-state index contributed by atoms with van der Waals surface area (Å²) in [5.74, 6) is 0.576. The van der Waals surface area contributed by atoms with Crippen LogP contribution in [0.15, 0.2) is 72.3 Å². The lowest BCUT2D eigenvalue weighted by Gasteiger charge is -2.18. The SMILES string of the molecule is Cc1ccccc1C(=O)Oc1cccc2cccc(OC(=O)C3=CCC(C)CC3)c12. The van der Waals surface area contributed by atoms with Gasteiger partial charge in [0, 0.05) is 5.57 Å². The Morgan fingerprint density at radius 1 is 0.867 bits per heavy atom. The van der Waals surface area contributed by atoms with E-state index in [4.69, 9.17) is 9.47 Å². The second-order valence-corrected chi connectivity index (χ2v) is 7.81. The van der Waals surface area contributed by atoms with E-state index in [2.05, 4.69) is 6.92 Å². The Morgan fingerprint density at radius 2 is 1.53 bits per heavy atom. The second kappa shape index (κ2) is 8.54. The van der Waals surface area contributed by atoms with Crippen molar-refractivity contribution in [3.63, 3.8) is 0 Å². The van der Waals surface area contributed by atoms with Crippen LogP contribution in [0.25, 0.3) is 10.8 Å². The normalized spacial score (nSPS) is 16.1. The van der Waals surface area contributed by atoms with Crippen molar-refractivity contribution in [1.29, 1.82) is 0 Å². The van der Waals surface area contributed by atoms with E-state index in [1.54, 1.807) is 24.3 Å². The van der Waals surface area contributed by atoms with Gasteiger partial charge in [-0.05, 0) is 61.3 Å². The van der Waals surface area contributed by atoms with E-state index in [0.717, 1.165) is 30.2 Å². The number of fused-ring (bicyclic) bond motifs is 1. The van der Waals surface area contributed by atoms with Crippen LogP contribution < -0.4 is 9.47 Å². The van der Waals surface area contributed by atoms with Gasteiger partial charge < -0.3 is 9.47 Å². The van der Waals surface area contributed by atoms with Gasteiger partial charge in [-0.15, -0.1) is 0 Å². The number of rotatable bonds is 4. The molecule has 1 unspecified atom stereocenters. The first-order valence-corrected chi connectivity index (χ1v) is 10.2. The third-order valence-corrected chi connectivity index (χ3v) is 5.53. The van der Waals surface area contributed by atoms with Crippen molar-refractivity contribution >= 4 is 22.7 Å². The first-order chi connectivity index (χ1) is 14.5. The van der Waals surface area contributed by atoms with E-state index in [1.165, 1.54) is 0 Å². The molecular formula is C26H24O4. The van der Waals surface area contributed by atoms with Crippen LogP contribution in [0.3, 0.4) is 0 Å². The Bertz CT molecular complexity index is 1140. The Morgan fingerprint density at radius 3 is 2.17 bits per heavy atom. The van der Waals surface area contributed by atoms with E-state index in [0.29, 0.717) is 33.9 Å². The predicted molar refractivity (Wildman–Crippen MR) is 117 cm³/mol. The van der Waals surface area contributed by atoms with Crippen molar-refractivity contribution in [1.82, 2.24) is 0 Å². The Balaban J connectivity index is 1.66. The topological polar surface area (TPSA) is 52.6 Å². The van der Waals surface area contributed by atoms with Crippen LogP contribution in [0.5, 0.6) is 11.5 Å². The number of hydrogen-bond donors (Lipinski definition) is 0. The van der Waals surface area contributed by atoms with E-state index in [1.807, 2.05) is 49.4 Å². The number of carbonyl (C=O) groups is 2. The molecule has 0 saturated carbocycles. The van der Waals surface area contributed by atoms with E-state index in [-0.39, 0.29) is 5.97 Å². The molecule has 0 N–H and O–H groups in total. The summed E-state index contributed by atoms with van der Waals surface area (Å²) in [5.41, 5.74) is 2.05. The number of aryl methyl sites for hydroxylation is 1. The lowest BCUT2D eigenvalue weighted by molar-refractivity contribution is -0.130. The number of esters is 2. The number of carbonyl (C=O) groups excluding carboxylic acids is 2. The van der Waals surface area contributed by atoms with Crippen LogP contribution in [-0.4, -0.2) is 11.9 Å². The summed E-state index contributed by atoms with van der Waals surface area (Å²) in [4.78, 5) is 25.5. The van der Waals surface area contributed by atoms with E-state index < -0.39 is 5.97 Å². The lowest BCUT2D eigenvalue weighted by atomic mass is 9.91. The number of allylic oxidation sites excluding steroid dienone is 1. The Labute approximate surface area is 176 Å². The zero-order chi connectivity index (χ0) is 21.1. The fourth-order valence-electron chi connectivity index (χ4n) is 3.72. The van der Waals surface area contributed by atoms with Crippen molar-refractivity contribution in [2.45, 2.75) is 33.1 Å². The summed E-state index contributed by atoms with van der Waals surface area (Å²) in [7, 11) is 0. The molecule has 1 aliphatic rings. The van der Waals surface area contributed by atoms with Gasteiger partial charge in [-0.2, -0.15) is 0 Å². The van der Waals surface area contributed by atoms with E-state index >= 15 is 0 Å². The summed E-state index contributed by atoms with van der Waals surface area (Å²) in [5, 5.41) is 1.45. The molecule has 4 rings (SSSR count). The minimum atomic E-state index is -0.439. The molecular weight excluding hydrogens is 376 g/mol. The summed E-state index contributed by atoms with van der Waals surface area (Å²) in [6.07, 6.45) is 4.57.